The lowest BCUT2D eigenvalue weighted by Crippen LogP contribution is -2.43. The molecule has 2 heterocycles. The van der Waals surface area contributed by atoms with Crippen LogP contribution in [0.5, 0.6) is 0 Å². The molecule has 0 saturated carbocycles. The lowest BCUT2D eigenvalue weighted by atomic mass is 9.98. The molecule has 118 valence electrons. The van der Waals surface area contributed by atoms with E-state index in [1.807, 2.05) is 17.8 Å². The Morgan fingerprint density at radius 3 is 2.76 bits per heavy atom. The van der Waals surface area contributed by atoms with E-state index in [0.29, 0.717) is 5.92 Å². The number of hydrogen-bond donors (Lipinski definition) is 3. The van der Waals surface area contributed by atoms with Crippen molar-refractivity contribution in [1.29, 1.82) is 0 Å². The van der Waals surface area contributed by atoms with Gasteiger partial charge in [-0.15, -0.1) is 0 Å². The molecule has 0 aliphatic carbocycles. The van der Waals surface area contributed by atoms with Crippen molar-refractivity contribution in [2.45, 2.75) is 32.7 Å². The summed E-state index contributed by atoms with van der Waals surface area (Å²) in [6, 6.07) is -0.173. The van der Waals surface area contributed by atoms with Crippen LogP contribution in [-0.2, 0) is 7.05 Å². The Labute approximate surface area is 126 Å². The molecule has 1 unspecified atom stereocenters. The third-order valence-electron chi connectivity index (χ3n) is 4.10. The van der Waals surface area contributed by atoms with Gasteiger partial charge in [-0.3, -0.25) is 0 Å². The third-order valence-corrected chi connectivity index (χ3v) is 4.10. The molecule has 1 aromatic rings. The monoisotopic (exact) mass is 293 g/mol. The van der Waals surface area contributed by atoms with E-state index in [0.717, 1.165) is 38.3 Å². The molecule has 0 radical (unpaired) electrons. The van der Waals surface area contributed by atoms with Crippen LogP contribution >= 0.6 is 0 Å². The Morgan fingerprint density at radius 1 is 1.48 bits per heavy atom. The van der Waals surface area contributed by atoms with Crippen LogP contribution in [0.3, 0.4) is 0 Å². The molecule has 0 spiro atoms. The number of hydrogen-bond acceptors (Lipinski definition) is 3. The van der Waals surface area contributed by atoms with Crippen LogP contribution in [0.4, 0.5) is 4.79 Å². The maximum atomic E-state index is 12.1. The van der Waals surface area contributed by atoms with Crippen LogP contribution in [0, 0.1) is 11.8 Å². The summed E-state index contributed by atoms with van der Waals surface area (Å²) in [4.78, 5) is 16.5. The Hall–Kier alpha value is -1.56. The van der Waals surface area contributed by atoms with Crippen LogP contribution in [-0.4, -0.2) is 35.2 Å². The van der Waals surface area contributed by atoms with Gasteiger partial charge in [-0.25, -0.2) is 9.78 Å². The van der Waals surface area contributed by atoms with Gasteiger partial charge < -0.3 is 20.5 Å². The molecule has 21 heavy (non-hydrogen) atoms. The van der Waals surface area contributed by atoms with Gasteiger partial charge >= 0.3 is 6.03 Å². The average molecular weight is 293 g/mol. The molecule has 2 amide bonds. The third kappa shape index (κ3) is 4.46. The summed E-state index contributed by atoms with van der Waals surface area (Å²) in [5.74, 6) is 1.76. The average Bonchev–Trinajstić information content (AvgIpc) is 2.89. The Morgan fingerprint density at radius 2 is 2.19 bits per heavy atom. The van der Waals surface area contributed by atoms with Gasteiger partial charge in [0.25, 0.3) is 0 Å². The predicted molar refractivity (Wildman–Crippen MR) is 82.9 cm³/mol. The number of aromatic nitrogens is 2. The fourth-order valence-corrected chi connectivity index (χ4v) is 2.72. The number of carbonyl (C=O) groups excluding carboxylic acids is 1. The Kier molecular flexibility index (Phi) is 5.61. The lowest BCUT2D eigenvalue weighted by Gasteiger charge is -2.25. The fourth-order valence-electron chi connectivity index (χ4n) is 2.72. The summed E-state index contributed by atoms with van der Waals surface area (Å²) < 4.78 is 1.96. The van der Waals surface area contributed by atoms with Gasteiger partial charge in [-0.2, -0.15) is 0 Å². The number of piperidine rings is 1. The molecule has 1 aliphatic rings. The summed E-state index contributed by atoms with van der Waals surface area (Å²) in [5.41, 5.74) is 0. The van der Waals surface area contributed by atoms with E-state index >= 15 is 0 Å². The standard InChI is InChI=1S/C15H27N5O/c1-11(2)13(14-17-8-9-20(14)3)19-15(21)18-10-12-4-6-16-7-5-12/h8-9,11-13,16H,4-7,10H2,1-3H3,(H2,18,19,21). The molecule has 1 saturated heterocycles. The first-order valence-electron chi connectivity index (χ1n) is 7.80. The highest BCUT2D eigenvalue weighted by atomic mass is 16.2. The molecule has 0 aromatic carbocycles. The highest BCUT2D eigenvalue weighted by molar-refractivity contribution is 5.74. The molecule has 0 bridgehead atoms. The number of urea groups is 1. The summed E-state index contributed by atoms with van der Waals surface area (Å²) >= 11 is 0. The first-order chi connectivity index (χ1) is 10.1. The van der Waals surface area contributed by atoms with E-state index in [4.69, 9.17) is 0 Å². The van der Waals surface area contributed by atoms with Crippen LogP contribution in [0.15, 0.2) is 12.4 Å². The number of imidazole rings is 1. The van der Waals surface area contributed by atoms with E-state index in [9.17, 15) is 4.79 Å². The molecule has 6 nitrogen and oxygen atoms in total. The van der Waals surface area contributed by atoms with Crippen molar-refractivity contribution >= 4 is 6.03 Å². The van der Waals surface area contributed by atoms with Gasteiger partial charge in [0.15, 0.2) is 0 Å². The number of amides is 2. The van der Waals surface area contributed by atoms with Gasteiger partial charge in [0.1, 0.15) is 5.82 Å². The van der Waals surface area contributed by atoms with Crippen molar-refractivity contribution in [3.8, 4) is 0 Å². The summed E-state index contributed by atoms with van der Waals surface area (Å²) in [6.45, 7) is 7.03. The van der Waals surface area contributed by atoms with Gasteiger partial charge in [0, 0.05) is 26.0 Å². The minimum Gasteiger partial charge on any atom is -0.338 e. The number of aryl methyl sites for hydroxylation is 1. The van der Waals surface area contributed by atoms with Gasteiger partial charge in [-0.1, -0.05) is 13.8 Å². The Balaban J connectivity index is 1.85. The number of nitrogens with zero attached hydrogens (tertiary/aromatic N) is 2. The van der Waals surface area contributed by atoms with Crippen molar-refractivity contribution in [1.82, 2.24) is 25.5 Å². The van der Waals surface area contributed by atoms with E-state index in [-0.39, 0.29) is 18.0 Å². The molecular weight excluding hydrogens is 266 g/mol. The van der Waals surface area contributed by atoms with Crippen molar-refractivity contribution in [3.63, 3.8) is 0 Å². The molecule has 1 fully saturated rings. The summed E-state index contributed by atoms with van der Waals surface area (Å²) in [6.07, 6.45) is 5.93. The fraction of sp³-hybridized carbons (Fsp3) is 0.733. The molecule has 2 rings (SSSR count). The van der Waals surface area contributed by atoms with Gasteiger partial charge in [0.2, 0.25) is 0 Å². The second-order valence-electron chi connectivity index (χ2n) is 6.17. The van der Waals surface area contributed by atoms with Crippen LogP contribution < -0.4 is 16.0 Å². The second-order valence-corrected chi connectivity index (χ2v) is 6.17. The number of nitrogens with one attached hydrogen (secondary N) is 3. The molecule has 3 N–H and O–H groups in total. The molecule has 6 heteroatoms. The second kappa shape index (κ2) is 7.45. The first kappa shape index (κ1) is 15.8. The smallest absolute Gasteiger partial charge is 0.315 e. The topological polar surface area (TPSA) is 71.0 Å². The lowest BCUT2D eigenvalue weighted by molar-refractivity contribution is 0.228. The molecule has 1 aromatic heterocycles. The summed E-state index contributed by atoms with van der Waals surface area (Å²) in [7, 11) is 1.95. The van der Waals surface area contributed by atoms with E-state index < -0.39 is 0 Å². The zero-order valence-corrected chi connectivity index (χ0v) is 13.2. The van der Waals surface area contributed by atoms with Crippen LogP contribution in [0.25, 0.3) is 0 Å². The normalized spacial score (nSPS) is 17.7. The highest BCUT2D eigenvalue weighted by Gasteiger charge is 2.22. The first-order valence-corrected chi connectivity index (χ1v) is 7.80. The maximum Gasteiger partial charge on any atom is 0.315 e. The SMILES string of the molecule is CC(C)C(NC(=O)NCC1CCNCC1)c1nccn1C. The quantitative estimate of drug-likeness (QED) is 0.769. The van der Waals surface area contributed by atoms with E-state index in [1.165, 1.54) is 0 Å². The highest BCUT2D eigenvalue weighted by Crippen LogP contribution is 2.19. The van der Waals surface area contributed by atoms with Crippen molar-refractivity contribution in [2.75, 3.05) is 19.6 Å². The van der Waals surface area contributed by atoms with Crippen molar-refractivity contribution in [2.24, 2.45) is 18.9 Å². The van der Waals surface area contributed by atoms with Crippen molar-refractivity contribution < 1.29 is 4.79 Å². The number of carbonyl (C=O) groups is 1. The summed E-state index contributed by atoms with van der Waals surface area (Å²) in [5, 5.41) is 9.39. The maximum absolute atomic E-state index is 12.1. The molecular formula is C15H27N5O. The largest absolute Gasteiger partial charge is 0.338 e. The van der Waals surface area contributed by atoms with E-state index in [1.54, 1.807) is 6.20 Å². The molecule has 1 aliphatic heterocycles. The minimum absolute atomic E-state index is 0.0713. The minimum atomic E-state index is -0.102. The van der Waals surface area contributed by atoms with Gasteiger partial charge in [0.05, 0.1) is 6.04 Å². The van der Waals surface area contributed by atoms with Crippen LogP contribution in [0.1, 0.15) is 38.6 Å². The zero-order valence-electron chi connectivity index (χ0n) is 13.2. The van der Waals surface area contributed by atoms with Crippen molar-refractivity contribution in [3.05, 3.63) is 18.2 Å². The molecule has 1 atom stereocenters. The number of rotatable bonds is 5. The van der Waals surface area contributed by atoms with Gasteiger partial charge in [-0.05, 0) is 37.8 Å². The van der Waals surface area contributed by atoms with Crippen LogP contribution in [0.2, 0.25) is 0 Å². The Bertz CT molecular complexity index is 451. The predicted octanol–water partition coefficient (Wildman–Crippen LogP) is 1.42. The van der Waals surface area contributed by atoms with E-state index in [2.05, 4.69) is 34.8 Å². The zero-order chi connectivity index (χ0) is 15.2.